The largest absolute Gasteiger partial charge is 0.494 e. The molecule has 0 saturated heterocycles. The molecule has 4 amide bonds. The Balaban J connectivity index is 1.29. The molecule has 0 radical (unpaired) electrons. The van der Waals surface area contributed by atoms with Crippen LogP contribution >= 0.6 is 0 Å². The number of rotatable bonds is 11. The maximum Gasteiger partial charge on any atom is 0.261 e. The average molecular weight is 516 g/mol. The number of carbonyl (C=O) groups excluding carboxylic acids is 4. The summed E-state index contributed by atoms with van der Waals surface area (Å²) in [6, 6.07) is 18.8. The number of carbonyl (C=O) groups is 4. The quantitative estimate of drug-likeness (QED) is 0.281. The Bertz CT molecular complexity index is 1320. The number of amides is 4. The number of hydrogen-bond acceptors (Lipinski definition) is 6. The van der Waals surface area contributed by atoms with Crippen molar-refractivity contribution < 1.29 is 28.7 Å². The summed E-state index contributed by atoms with van der Waals surface area (Å²) in [4.78, 5) is 51.3. The van der Waals surface area contributed by atoms with E-state index in [0.717, 1.165) is 0 Å². The third-order valence-corrected chi connectivity index (χ3v) is 6.24. The second-order valence-corrected chi connectivity index (χ2v) is 8.74. The molecule has 0 spiro atoms. The van der Waals surface area contributed by atoms with Crippen LogP contribution in [0.15, 0.2) is 66.7 Å². The average Bonchev–Trinajstić information content (AvgIpc) is 3.18. The lowest BCUT2D eigenvalue weighted by atomic mass is 10.1. The first-order valence-electron chi connectivity index (χ1n) is 12.3. The van der Waals surface area contributed by atoms with Crippen LogP contribution in [0.1, 0.15) is 56.8 Å². The van der Waals surface area contributed by atoms with E-state index in [1.54, 1.807) is 60.7 Å². The topological polar surface area (TPSA) is 114 Å². The smallest absolute Gasteiger partial charge is 0.261 e. The van der Waals surface area contributed by atoms with Crippen molar-refractivity contribution in [1.29, 1.82) is 0 Å². The third kappa shape index (κ3) is 5.83. The molecule has 0 unspecified atom stereocenters. The van der Waals surface area contributed by atoms with Crippen LogP contribution in [0.5, 0.6) is 11.5 Å². The van der Waals surface area contributed by atoms with E-state index in [1.165, 1.54) is 19.1 Å². The molecule has 1 heterocycles. The summed E-state index contributed by atoms with van der Waals surface area (Å²) < 4.78 is 10.9. The van der Waals surface area contributed by atoms with Gasteiger partial charge in [0, 0.05) is 30.7 Å². The Morgan fingerprint density at radius 2 is 1.29 bits per heavy atom. The van der Waals surface area contributed by atoms with Gasteiger partial charge in [-0.05, 0) is 37.1 Å². The first-order valence-corrected chi connectivity index (χ1v) is 12.3. The number of nitrogens with zero attached hydrogens (tertiary/aromatic N) is 1. The molecule has 38 heavy (non-hydrogen) atoms. The number of hydrogen-bond donors (Lipinski definition) is 2. The van der Waals surface area contributed by atoms with E-state index >= 15 is 0 Å². The van der Waals surface area contributed by atoms with Gasteiger partial charge in [-0.25, -0.2) is 0 Å². The van der Waals surface area contributed by atoms with Gasteiger partial charge in [0.05, 0.1) is 36.7 Å². The molecule has 9 heteroatoms. The first-order chi connectivity index (χ1) is 18.4. The molecule has 0 atom stereocenters. The van der Waals surface area contributed by atoms with Gasteiger partial charge in [0.15, 0.2) is 0 Å². The molecular formula is C29H29N3O6. The van der Waals surface area contributed by atoms with Crippen LogP contribution in [0, 0.1) is 0 Å². The standard InChI is InChI=1S/C29H29N3O6/c1-37-24-18-23(31-27(34)19-11-5-3-6-12-19)25(38-2)17-22(24)30-26(33)15-7-4-10-16-32-28(35)20-13-8-9-14-21(20)29(32)36/h3,5-6,8-9,11-14,17-18H,4,7,10,15-16H2,1-2H3,(H,30,33)(H,31,34). The molecule has 1 aliphatic rings. The molecular weight excluding hydrogens is 486 g/mol. The summed E-state index contributed by atoms with van der Waals surface area (Å²) in [5.74, 6) is -0.323. The van der Waals surface area contributed by atoms with Gasteiger partial charge in [0.1, 0.15) is 11.5 Å². The summed E-state index contributed by atoms with van der Waals surface area (Å²) in [6.45, 7) is 0.315. The predicted molar refractivity (Wildman–Crippen MR) is 143 cm³/mol. The highest BCUT2D eigenvalue weighted by molar-refractivity contribution is 6.21. The van der Waals surface area contributed by atoms with E-state index in [9.17, 15) is 19.2 Å². The van der Waals surface area contributed by atoms with Crippen molar-refractivity contribution in [1.82, 2.24) is 4.90 Å². The minimum atomic E-state index is -0.302. The normalized spacial score (nSPS) is 12.2. The van der Waals surface area contributed by atoms with E-state index in [1.807, 2.05) is 6.07 Å². The Labute approximate surface area is 220 Å². The van der Waals surface area contributed by atoms with Crippen molar-refractivity contribution >= 4 is 35.0 Å². The van der Waals surface area contributed by atoms with E-state index in [4.69, 9.17) is 9.47 Å². The van der Waals surface area contributed by atoms with Gasteiger partial charge in [0.25, 0.3) is 17.7 Å². The molecule has 3 aromatic carbocycles. The fourth-order valence-corrected chi connectivity index (χ4v) is 4.26. The zero-order valence-electron chi connectivity index (χ0n) is 21.3. The first kappa shape index (κ1) is 26.4. The van der Waals surface area contributed by atoms with Gasteiger partial charge < -0.3 is 20.1 Å². The lowest BCUT2D eigenvalue weighted by Crippen LogP contribution is -2.30. The van der Waals surface area contributed by atoms with Crippen LogP contribution in [0.3, 0.4) is 0 Å². The number of ether oxygens (including phenoxy) is 2. The van der Waals surface area contributed by atoms with E-state index in [2.05, 4.69) is 10.6 Å². The highest BCUT2D eigenvalue weighted by Crippen LogP contribution is 2.37. The van der Waals surface area contributed by atoms with E-state index in [0.29, 0.717) is 65.4 Å². The van der Waals surface area contributed by atoms with Gasteiger partial charge in [0.2, 0.25) is 5.91 Å². The molecule has 9 nitrogen and oxygen atoms in total. The predicted octanol–water partition coefficient (Wildman–Crippen LogP) is 4.75. The van der Waals surface area contributed by atoms with E-state index in [-0.39, 0.29) is 30.0 Å². The third-order valence-electron chi connectivity index (χ3n) is 6.24. The van der Waals surface area contributed by atoms with Crippen molar-refractivity contribution in [3.05, 3.63) is 83.4 Å². The minimum absolute atomic E-state index is 0.216. The minimum Gasteiger partial charge on any atom is -0.494 e. The van der Waals surface area contributed by atoms with Gasteiger partial charge in [-0.15, -0.1) is 0 Å². The fraction of sp³-hybridized carbons (Fsp3) is 0.241. The van der Waals surface area contributed by atoms with Crippen molar-refractivity contribution in [2.45, 2.75) is 25.7 Å². The number of fused-ring (bicyclic) bond motifs is 1. The highest BCUT2D eigenvalue weighted by atomic mass is 16.5. The second kappa shape index (κ2) is 12.1. The summed E-state index contributed by atoms with van der Waals surface area (Å²) in [5.41, 5.74) is 2.19. The molecule has 3 aromatic rings. The number of unbranched alkanes of at least 4 members (excludes halogenated alkanes) is 2. The number of benzene rings is 3. The Morgan fingerprint density at radius 1 is 0.737 bits per heavy atom. The molecule has 0 fully saturated rings. The van der Waals surface area contributed by atoms with Crippen molar-refractivity contribution in [3.63, 3.8) is 0 Å². The van der Waals surface area contributed by atoms with Gasteiger partial charge in [-0.1, -0.05) is 36.8 Å². The monoisotopic (exact) mass is 515 g/mol. The van der Waals surface area contributed by atoms with Crippen LogP contribution in [0.2, 0.25) is 0 Å². The van der Waals surface area contributed by atoms with Gasteiger partial charge >= 0.3 is 0 Å². The summed E-state index contributed by atoms with van der Waals surface area (Å²) in [6.07, 6.45) is 2.11. The Kier molecular flexibility index (Phi) is 8.37. The maximum atomic E-state index is 12.6. The SMILES string of the molecule is COc1cc(NC(=O)c2ccccc2)c(OC)cc1NC(=O)CCCCCN1C(=O)c2ccccc2C1=O. The number of imide groups is 1. The molecule has 4 rings (SSSR count). The Morgan fingerprint density at radius 3 is 1.87 bits per heavy atom. The molecule has 0 aromatic heterocycles. The lowest BCUT2D eigenvalue weighted by Gasteiger charge is -2.16. The van der Waals surface area contributed by atoms with Gasteiger partial charge in [-0.3, -0.25) is 24.1 Å². The van der Waals surface area contributed by atoms with Crippen LogP contribution < -0.4 is 20.1 Å². The lowest BCUT2D eigenvalue weighted by molar-refractivity contribution is -0.116. The zero-order valence-corrected chi connectivity index (χ0v) is 21.3. The molecule has 0 bridgehead atoms. The zero-order chi connectivity index (χ0) is 27.1. The molecule has 1 aliphatic heterocycles. The van der Waals surface area contributed by atoms with Crippen LogP contribution in [-0.4, -0.2) is 49.3 Å². The molecule has 0 saturated carbocycles. The molecule has 2 N–H and O–H groups in total. The molecule has 196 valence electrons. The van der Waals surface area contributed by atoms with Crippen molar-refractivity contribution in [2.24, 2.45) is 0 Å². The number of anilines is 2. The van der Waals surface area contributed by atoms with Gasteiger partial charge in [-0.2, -0.15) is 0 Å². The van der Waals surface area contributed by atoms with E-state index < -0.39 is 0 Å². The summed E-state index contributed by atoms with van der Waals surface area (Å²) in [5, 5.41) is 5.64. The molecule has 0 aliphatic carbocycles. The number of methoxy groups -OCH3 is 2. The summed E-state index contributed by atoms with van der Waals surface area (Å²) in [7, 11) is 2.94. The fourth-order valence-electron chi connectivity index (χ4n) is 4.26. The van der Waals surface area contributed by atoms with Crippen molar-refractivity contribution in [3.8, 4) is 11.5 Å². The van der Waals surface area contributed by atoms with Crippen LogP contribution in [0.25, 0.3) is 0 Å². The van der Waals surface area contributed by atoms with Crippen LogP contribution in [-0.2, 0) is 4.79 Å². The number of nitrogens with one attached hydrogen (secondary N) is 2. The maximum absolute atomic E-state index is 12.6. The highest BCUT2D eigenvalue weighted by Gasteiger charge is 2.34. The Hall–Kier alpha value is -4.66. The second-order valence-electron chi connectivity index (χ2n) is 8.74. The van der Waals surface area contributed by atoms with Crippen molar-refractivity contribution in [2.75, 3.05) is 31.4 Å². The summed E-state index contributed by atoms with van der Waals surface area (Å²) >= 11 is 0. The van der Waals surface area contributed by atoms with Crippen LogP contribution in [0.4, 0.5) is 11.4 Å².